The topological polar surface area (TPSA) is 96.7 Å². The maximum Gasteiger partial charge on any atom is 0.490 e. The van der Waals surface area contributed by atoms with Crippen molar-refractivity contribution < 1.29 is 20.1 Å². The predicted octanol–water partition coefficient (Wildman–Crippen LogP) is -1.32. The van der Waals surface area contributed by atoms with Crippen molar-refractivity contribution in [3.63, 3.8) is 0 Å². The van der Waals surface area contributed by atoms with Gasteiger partial charge >= 0.3 is 14.2 Å². The van der Waals surface area contributed by atoms with Crippen molar-refractivity contribution in [3.05, 3.63) is 36.4 Å². The molecule has 2 aromatic carbocycles. The first-order chi connectivity index (χ1) is 9.09. The van der Waals surface area contributed by atoms with Crippen LogP contribution in [0.2, 0.25) is 0 Å². The molecular formula is C12H11B2NO4. The molecule has 94 valence electrons. The number of fused-ring (bicyclic) bond motifs is 3. The van der Waals surface area contributed by atoms with Crippen molar-refractivity contribution in [2.24, 2.45) is 0 Å². The lowest BCUT2D eigenvalue weighted by Gasteiger charge is -2.09. The van der Waals surface area contributed by atoms with Gasteiger partial charge < -0.3 is 25.1 Å². The average molecular weight is 255 g/mol. The van der Waals surface area contributed by atoms with Gasteiger partial charge in [0.15, 0.2) is 0 Å². The molecule has 1 aromatic heterocycles. The van der Waals surface area contributed by atoms with E-state index in [4.69, 9.17) is 0 Å². The second-order valence-corrected chi connectivity index (χ2v) is 4.41. The Morgan fingerprint density at radius 3 is 2.21 bits per heavy atom. The van der Waals surface area contributed by atoms with E-state index in [0.717, 1.165) is 16.3 Å². The van der Waals surface area contributed by atoms with Crippen molar-refractivity contribution in [3.8, 4) is 0 Å². The zero-order chi connectivity index (χ0) is 13.6. The Morgan fingerprint density at radius 1 is 0.789 bits per heavy atom. The number of hydrogen-bond donors (Lipinski definition) is 5. The van der Waals surface area contributed by atoms with Gasteiger partial charge in [0, 0.05) is 27.3 Å². The van der Waals surface area contributed by atoms with Crippen LogP contribution in [0.5, 0.6) is 0 Å². The van der Waals surface area contributed by atoms with Crippen LogP contribution >= 0.6 is 0 Å². The molecule has 0 atom stereocenters. The molecule has 7 heteroatoms. The fourth-order valence-corrected chi connectivity index (χ4v) is 2.46. The number of aromatic amines is 1. The van der Waals surface area contributed by atoms with E-state index in [0.29, 0.717) is 5.52 Å². The molecule has 0 unspecified atom stereocenters. The first-order valence-electron chi connectivity index (χ1n) is 5.85. The molecule has 0 radical (unpaired) electrons. The molecule has 0 aliphatic rings. The first kappa shape index (κ1) is 12.3. The van der Waals surface area contributed by atoms with E-state index in [1.807, 2.05) is 24.3 Å². The molecule has 0 saturated heterocycles. The van der Waals surface area contributed by atoms with Crippen LogP contribution < -0.4 is 10.9 Å². The number of aromatic nitrogens is 1. The standard InChI is InChI=1S/C12H11B2NO4/c16-13(17)9-6-5-8-7-3-1-2-4-10(7)15-12(8)11(9)14(18)19/h1-6,15-19H. The highest BCUT2D eigenvalue weighted by Gasteiger charge is 2.26. The highest BCUT2D eigenvalue weighted by Crippen LogP contribution is 2.23. The van der Waals surface area contributed by atoms with Gasteiger partial charge in [0.2, 0.25) is 0 Å². The van der Waals surface area contributed by atoms with Crippen LogP contribution in [0.15, 0.2) is 36.4 Å². The Bertz CT molecular complexity index is 754. The fourth-order valence-electron chi connectivity index (χ4n) is 2.46. The van der Waals surface area contributed by atoms with Gasteiger partial charge in [0.05, 0.1) is 0 Å². The van der Waals surface area contributed by atoms with Gasteiger partial charge in [0.1, 0.15) is 0 Å². The van der Waals surface area contributed by atoms with Crippen LogP contribution in [-0.4, -0.2) is 39.3 Å². The summed E-state index contributed by atoms with van der Waals surface area (Å²) in [5, 5.41) is 39.3. The summed E-state index contributed by atoms with van der Waals surface area (Å²) < 4.78 is 0. The van der Waals surface area contributed by atoms with E-state index in [1.54, 1.807) is 6.07 Å². The fraction of sp³-hybridized carbons (Fsp3) is 0. The first-order valence-corrected chi connectivity index (χ1v) is 5.85. The van der Waals surface area contributed by atoms with Crippen molar-refractivity contribution in [2.75, 3.05) is 0 Å². The quantitative estimate of drug-likeness (QED) is 0.367. The van der Waals surface area contributed by atoms with Crippen LogP contribution in [0, 0.1) is 0 Å². The summed E-state index contributed by atoms with van der Waals surface area (Å²) in [4.78, 5) is 3.08. The van der Waals surface area contributed by atoms with E-state index in [-0.39, 0.29) is 10.9 Å². The Labute approximate surface area is 109 Å². The number of hydrogen-bond acceptors (Lipinski definition) is 4. The molecular weight excluding hydrogens is 244 g/mol. The number of benzene rings is 2. The lowest BCUT2D eigenvalue weighted by atomic mass is 9.65. The van der Waals surface area contributed by atoms with Crippen LogP contribution in [0.1, 0.15) is 0 Å². The zero-order valence-corrected chi connectivity index (χ0v) is 9.91. The minimum atomic E-state index is -1.78. The zero-order valence-electron chi connectivity index (χ0n) is 9.91. The summed E-state index contributed by atoms with van der Waals surface area (Å²) in [6, 6.07) is 10.8. The third kappa shape index (κ3) is 1.84. The molecule has 5 nitrogen and oxygen atoms in total. The smallest absolute Gasteiger partial charge is 0.423 e. The lowest BCUT2D eigenvalue weighted by molar-refractivity contribution is 0.419. The largest absolute Gasteiger partial charge is 0.490 e. The van der Waals surface area contributed by atoms with E-state index in [2.05, 4.69) is 4.98 Å². The molecule has 0 amide bonds. The lowest BCUT2D eigenvalue weighted by Crippen LogP contribution is -2.49. The summed E-state index contributed by atoms with van der Waals surface area (Å²) >= 11 is 0. The van der Waals surface area contributed by atoms with E-state index in [9.17, 15) is 20.1 Å². The molecule has 0 fully saturated rings. The van der Waals surface area contributed by atoms with Crippen molar-refractivity contribution in [2.45, 2.75) is 0 Å². The minimum Gasteiger partial charge on any atom is -0.423 e. The van der Waals surface area contributed by atoms with Crippen molar-refractivity contribution in [1.82, 2.24) is 4.98 Å². The number of rotatable bonds is 2. The maximum absolute atomic E-state index is 9.49. The van der Waals surface area contributed by atoms with Gasteiger partial charge in [-0.25, -0.2) is 0 Å². The Morgan fingerprint density at radius 2 is 1.53 bits per heavy atom. The van der Waals surface area contributed by atoms with Gasteiger partial charge in [-0.15, -0.1) is 0 Å². The minimum absolute atomic E-state index is 0.0778. The summed E-state index contributed by atoms with van der Waals surface area (Å²) in [7, 11) is -3.54. The normalized spacial score (nSPS) is 11.2. The number of H-pyrrole nitrogens is 1. The third-order valence-corrected chi connectivity index (χ3v) is 3.29. The molecule has 3 aromatic rings. The Kier molecular flexibility index (Phi) is 2.83. The van der Waals surface area contributed by atoms with E-state index >= 15 is 0 Å². The van der Waals surface area contributed by atoms with Gasteiger partial charge in [-0.05, 0) is 11.5 Å². The van der Waals surface area contributed by atoms with Crippen LogP contribution in [0.4, 0.5) is 0 Å². The summed E-state index contributed by atoms with van der Waals surface area (Å²) in [5.74, 6) is 0. The monoisotopic (exact) mass is 255 g/mol. The molecule has 0 spiro atoms. The predicted molar refractivity (Wildman–Crippen MR) is 75.5 cm³/mol. The third-order valence-electron chi connectivity index (χ3n) is 3.29. The molecule has 3 rings (SSSR count). The van der Waals surface area contributed by atoms with Crippen molar-refractivity contribution >= 4 is 47.0 Å². The Hall–Kier alpha value is -1.79. The summed E-state index contributed by atoms with van der Waals surface area (Å²) in [6.07, 6.45) is 0. The van der Waals surface area contributed by atoms with Gasteiger partial charge in [-0.3, -0.25) is 0 Å². The molecule has 0 bridgehead atoms. The van der Waals surface area contributed by atoms with Gasteiger partial charge in [-0.1, -0.05) is 30.3 Å². The summed E-state index contributed by atoms with van der Waals surface area (Å²) in [6.45, 7) is 0. The molecule has 0 aliphatic carbocycles. The average Bonchev–Trinajstić information content (AvgIpc) is 2.75. The highest BCUT2D eigenvalue weighted by atomic mass is 16.4. The van der Waals surface area contributed by atoms with Crippen LogP contribution in [0.25, 0.3) is 21.8 Å². The van der Waals surface area contributed by atoms with Crippen LogP contribution in [-0.2, 0) is 0 Å². The van der Waals surface area contributed by atoms with E-state index in [1.165, 1.54) is 6.07 Å². The van der Waals surface area contributed by atoms with Gasteiger partial charge in [0.25, 0.3) is 0 Å². The number of nitrogens with one attached hydrogen (secondary N) is 1. The molecule has 0 saturated carbocycles. The molecule has 0 aliphatic heterocycles. The van der Waals surface area contributed by atoms with Gasteiger partial charge in [-0.2, -0.15) is 0 Å². The molecule has 1 heterocycles. The van der Waals surface area contributed by atoms with Crippen molar-refractivity contribution in [1.29, 1.82) is 0 Å². The molecule has 5 N–H and O–H groups in total. The summed E-state index contributed by atoms with van der Waals surface area (Å²) in [5.41, 5.74) is 1.52. The second kappa shape index (κ2) is 4.40. The number of para-hydroxylation sites is 1. The van der Waals surface area contributed by atoms with Crippen LogP contribution in [0.3, 0.4) is 0 Å². The maximum atomic E-state index is 9.49. The van der Waals surface area contributed by atoms with E-state index < -0.39 is 14.2 Å². The second-order valence-electron chi connectivity index (χ2n) is 4.41. The Balaban J connectivity index is 2.45. The molecule has 19 heavy (non-hydrogen) atoms. The highest BCUT2D eigenvalue weighted by molar-refractivity contribution is 6.73. The SMILES string of the molecule is OB(O)c1ccc2c([nH]c3ccccc32)c1B(O)O.